The molecule has 2 atom stereocenters. The van der Waals surface area contributed by atoms with E-state index in [1.807, 2.05) is 19.1 Å². The standard InChI is InChI=1S/C19H20N6O2S/c1-11-23-24-19(28-11)15-5-2-12-7-20-17(6-16(12)21-15)22-18(26)8-25-13-3-4-14(25)10-27-9-13/h2,5-7,13-14H,3-4,8-10H2,1H3,(H,20,22,26). The molecule has 1 N–H and O–H groups in total. The van der Waals surface area contributed by atoms with Gasteiger partial charge in [-0.15, -0.1) is 10.2 Å². The number of anilines is 1. The van der Waals surface area contributed by atoms with Crippen molar-refractivity contribution in [3.05, 3.63) is 29.4 Å². The number of rotatable bonds is 4. The number of nitrogens with zero attached hydrogens (tertiary/aromatic N) is 5. The molecule has 0 spiro atoms. The SMILES string of the molecule is Cc1nnc(-c2ccc3cnc(NC(=O)CN4C5CCC4COC5)cc3n2)s1. The maximum atomic E-state index is 12.6. The van der Waals surface area contributed by atoms with Gasteiger partial charge in [0.15, 0.2) is 5.01 Å². The van der Waals surface area contributed by atoms with Crippen LogP contribution in [0.2, 0.25) is 0 Å². The molecule has 144 valence electrons. The third-order valence-corrected chi connectivity index (χ3v) is 6.17. The minimum Gasteiger partial charge on any atom is -0.378 e. The van der Waals surface area contributed by atoms with Crippen LogP contribution in [0.3, 0.4) is 0 Å². The molecule has 0 radical (unpaired) electrons. The molecule has 2 bridgehead atoms. The summed E-state index contributed by atoms with van der Waals surface area (Å²) in [5.74, 6) is 0.456. The summed E-state index contributed by atoms with van der Waals surface area (Å²) in [5, 5.41) is 13.7. The molecule has 1 amide bonds. The number of pyridine rings is 2. The van der Waals surface area contributed by atoms with E-state index >= 15 is 0 Å². The van der Waals surface area contributed by atoms with E-state index in [9.17, 15) is 4.79 Å². The smallest absolute Gasteiger partial charge is 0.239 e. The van der Waals surface area contributed by atoms with Crippen LogP contribution in [0.5, 0.6) is 0 Å². The van der Waals surface area contributed by atoms with Gasteiger partial charge in [0, 0.05) is 29.7 Å². The lowest BCUT2D eigenvalue weighted by Gasteiger charge is -2.33. The summed E-state index contributed by atoms with van der Waals surface area (Å²) in [6.45, 7) is 3.72. The minimum atomic E-state index is -0.0541. The lowest BCUT2D eigenvalue weighted by Crippen LogP contribution is -2.48. The van der Waals surface area contributed by atoms with Crippen LogP contribution in [0, 0.1) is 6.92 Å². The van der Waals surface area contributed by atoms with Crippen LogP contribution >= 0.6 is 11.3 Å². The molecular formula is C19H20N6O2S. The van der Waals surface area contributed by atoms with Crippen molar-refractivity contribution in [2.75, 3.05) is 25.1 Å². The van der Waals surface area contributed by atoms with Crippen molar-refractivity contribution in [1.29, 1.82) is 0 Å². The van der Waals surface area contributed by atoms with Gasteiger partial charge in [0.1, 0.15) is 16.5 Å². The Labute approximate surface area is 166 Å². The van der Waals surface area contributed by atoms with Crippen molar-refractivity contribution >= 4 is 34.0 Å². The largest absolute Gasteiger partial charge is 0.378 e. The van der Waals surface area contributed by atoms with E-state index in [-0.39, 0.29) is 5.91 Å². The Kier molecular flexibility index (Phi) is 4.50. The summed E-state index contributed by atoms with van der Waals surface area (Å²) in [4.78, 5) is 23.8. The summed E-state index contributed by atoms with van der Waals surface area (Å²) in [6.07, 6.45) is 3.93. The molecule has 3 aromatic rings. The van der Waals surface area contributed by atoms with Crippen LogP contribution in [0.1, 0.15) is 17.8 Å². The second-order valence-corrected chi connectivity index (χ2v) is 8.41. The lowest BCUT2D eigenvalue weighted by molar-refractivity contribution is -0.120. The van der Waals surface area contributed by atoms with Crippen LogP contribution in [-0.2, 0) is 9.53 Å². The molecule has 5 rings (SSSR count). The summed E-state index contributed by atoms with van der Waals surface area (Å²) >= 11 is 1.50. The van der Waals surface area contributed by atoms with E-state index in [4.69, 9.17) is 4.74 Å². The number of morpholine rings is 1. The molecular weight excluding hydrogens is 376 g/mol. The predicted molar refractivity (Wildman–Crippen MR) is 106 cm³/mol. The van der Waals surface area contributed by atoms with E-state index in [0.717, 1.165) is 52.7 Å². The minimum absolute atomic E-state index is 0.0541. The van der Waals surface area contributed by atoms with E-state index < -0.39 is 0 Å². The quantitative estimate of drug-likeness (QED) is 0.723. The Balaban J connectivity index is 1.33. The topological polar surface area (TPSA) is 93.1 Å². The number of hydrogen-bond donors (Lipinski definition) is 1. The predicted octanol–water partition coefficient (Wildman–Crippen LogP) is 2.26. The molecule has 2 aliphatic rings. The molecule has 5 heterocycles. The molecule has 0 aromatic carbocycles. The highest BCUT2D eigenvalue weighted by molar-refractivity contribution is 7.14. The van der Waals surface area contributed by atoms with Gasteiger partial charge in [0.05, 0.1) is 25.3 Å². The van der Waals surface area contributed by atoms with Gasteiger partial charge in [-0.05, 0) is 31.9 Å². The monoisotopic (exact) mass is 396 g/mol. The maximum Gasteiger partial charge on any atom is 0.239 e. The Morgan fingerprint density at radius 1 is 1.29 bits per heavy atom. The van der Waals surface area contributed by atoms with Gasteiger partial charge in [-0.1, -0.05) is 11.3 Å². The number of ether oxygens (including phenoxy) is 1. The van der Waals surface area contributed by atoms with Gasteiger partial charge in [-0.25, -0.2) is 9.97 Å². The van der Waals surface area contributed by atoms with Crippen molar-refractivity contribution in [1.82, 2.24) is 25.1 Å². The zero-order chi connectivity index (χ0) is 19.1. The van der Waals surface area contributed by atoms with Crippen molar-refractivity contribution < 1.29 is 9.53 Å². The Hall–Kier alpha value is -2.49. The first-order valence-electron chi connectivity index (χ1n) is 9.36. The van der Waals surface area contributed by atoms with Gasteiger partial charge < -0.3 is 10.1 Å². The third-order valence-electron chi connectivity index (χ3n) is 5.30. The first-order chi connectivity index (χ1) is 13.7. The zero-order valence-corrected chi connectivity index (χ0v) is 16.3. The number of aromatic nitrogens is 4. The Bertz CT molecular complexity index is 1020. The van der Waals surface area contributed by atoms with Gasteiger partial charge in [-0.2, -0.15) is 0 Å². The third kappa shape index (κ3) is 3.36. The normalized spacial score (nSPS) is 21.9. The molecule has 9 heteroatoms. The highest BCUT2D eigenvalue weighted by Gasteiger charge is 2.38. The molecule has 2 saturated heterocycles. The second kappa shape index (κ2) is 7.16. The average Bonchev–Trinajstić information content (AvgIpc) is 3.20. The number of aryl methyl sites for hydroxylation is 1. The van der Waals surface area contributed by atoms with Crippen LogP contribution in [0.25, 0.3) is 21.6 Å². The molecule has 28 heavy (non-hydrogen) atoms. The van der Waals surface area contributed by atoms with Crippen molar-refractivity contribution in [3.63, 3.8) is 0 Å². The first-order valence-corrected chi connectivity index (χ1v) is 10.2. The van der Waals surface area contributed by atoms with Gasteiger partial charge in [0.2, 0.25) is 5.91 Å². The molecule has 8 nitrogen and oxygen atoms in total. The molecule has 2 fully saturated rings. The Morgan fingerprint density at radius 3 is 2.86 bits per heavy atom. The fraction of sp³-hybridized carbons (Fsp3) is 0.421. The molecule has 2 unspecified atom stereocenters. The first kappa shape index (κ1) is 17.6. The number of nitrogens with one attached hydrogen (secondary N) is 1. The van der Waals surface area contributed by atoms with E-state index in [1.165, 1.54) is 11.3 Å². The van der Waals surface area contributed by atoms with Gasteiger partial charge >= 0.3 is 0 Å². The average molecular weight is 396 g/mol. The van der Waals surface area contributed by atoms with Crippen molar-refractivity contribution in [3.8, 4) is 10.7 Å². The van der Waals surface area contributed by atoms with Crippen molar-refractivity contribution in [2.24, 2.45) is 0 Å². The number of carbonyl (C=O) groups excluding carboxylic acids is 1. The Morgan fingerprint density at radius 2 is 2.11 bits per heavy atom. The van der Waals surface area contributed by atoms with Crippen molar-refractivity contribution in [2.45, 2.75) is 31.8 Å². The number of fused-ring (bicyclic) bond motifs is 3. The molecule has 0 saturated carbocycles. The summed E-state index contributed by atoms with van der Waals surface area (Å²) in [6, 6.07) is 6.38. The van der Waals surface area contributed by atoms with E-state index in [2.05, 4.69) is 30.4 Å². The van der Waals surface area contributed by atoms with Gasteiger partial charge in [-0.3, -0.25) is 9.69 Å². The number of carbonyl (C=O) groups is 1. The highest BCUT2D eigenvalue weighted by atomic mass is 32.1. The van der Waals surface area contributed by atoms with Crippen LogP contribution in [0.15, 0.2) is 24.4 Å². The number of amides is 1. The van der Waals surface area contributed by atoms with Crippen LogP contribution in [0.4, 0.5) is 5.82 Å². The van der Waals surface area contributed by atoms with Crippen LogP contribution < -0.4 is 5.32 Å². The van der Waals surface area contributed by atoms with Gasteiger partial charge in [0.25, 0.3) is 0 Å². The summed E-state index contributed by atoms with van der Waals surface area (Å²) in [7, 11) is 0. The van der Waals surface area contributed by atoms with Crippen LogP contribution in [-0.4, -0.2) is 62.8 Å². The number of hydrogen-bond acceptors (Lipinski definition) is 8. The fourth-order valence-corrected chi connectivity index (χ4v) is 4.58. The fourth-order valence-electron chi connectivity index (χ4n) is 3.92. The molecule has 2 aliphatic heterocycles. The summed E-state index contributed by atoms with van der Waals surface area (Å²) in [5.41, 5.74) is 1.54. The summed E-state index contributed by atoms with van der Waals surface area (Å²) < 4.78 is 5.58. The molecule has 0 aliphatic carbocycles. The van der Waals surface area contributed by atoms with E-state index in [1.54, 1.807) is 12.3 Å². The highest BCUT2D eigenvalue weighted by Crippen LogP contribution is 2.28. The molecule has 3 aromatic heterocycles. The maximum absolute atomic E-state index is 12.6. The van der Waals surface area contributed by atoms with E-state index in [0.29, 0.717) is 24.4 Å². The lowest BCUT2D eigenvalue weighted by atomic mass is 10.2. The zero-order valence-electron chi connectivity index (χ0n) is 15.5. The second-order valence-electron chi connectivity index (χ2n) is 7.23.